The number of nitrogens with zero attached hydrogens (tertiary/aromatic N) is 2. The summed E-state index contributed by atoms with van der Waals surface area (Å²) in [6.07, 6.45) is 2.32. The molecule has 0 aromatic carbocycles. The molecule has 1 aliphatic heterocycles. The molecule has 1 aliphatic rings. The number of rotatable bonds is 3. The van der Waals surface area contributed by atoms with Crippen LogP contribution in [0.1, 0.15) is 58.0 Å². The molecule has 0 bridgehead atoms. The predicted octanol–water partition coefficient (Wildman–Crippen LogP) is 3.39. The van der Waals surface area contributed by atoms with Crippen LogP contribution in [-0.4, -0.2) is 21.1 Å². The second kappa shape index (κ2) is 5.16. The van der Waals surface area contributed by atoms with Crippen molar-refractivity contribution in [3.05, 3.63) is 11.5 Å². The molecule has 102 valence electrons. The molecule has 1 unspecified atom stereocenters. The molecule has 0 aliphatic carbocycles. The highest BCUT2D eigenvalue weighted by Gasteiger charge is 2.29. The summed E-state index contributed by atoms with van der Waals surface area (Å²) in [6, 6.07) is 0. The Balaban J connectivity index is 2.42. The van der Waals surface area contributed by atoms with Crippen molar-refractivity contribution in [1.82, 2.24) is 9.55 Å². The molecule has 4 heteroatoms. The second-order valence-electron chi connectivity index (χ2n) is 6.17. The van der Waals surface area contributed by atoms with Gasteiger partial charge < -0.3 is 10.3 Å². The van der Waals surface area contributed by atoms with Gasteiger partial charge in [0.1, 0.15) is 11.6 Å². The van der Waals surface area contributed by atoms with Crippen molar-refractivity contribution in [3.8, 4) is 0 Å². The summed E-state index contributed by atoms with van der Waals surface area (Å²) < 4.78 is 2.23. The Morgan fingerprint density at radius 1 is 1.44 bits per heavy atom. The zero-order valence-electron chi connectivity index (χ0n) is 12.0. The van der Waals surface area contributed by atoms with E-state index < -0.39 is 0 Å². The van der Waals surface area contributed by atoms with E-state index in [1.165, 1.54) is 17.9 Å². The normalized spacial score (nSPS) is 20.6. The van der Waals surface area contributed by atoms with Crippen LogP contribution in [0.2, 0.25) is 0 Å². The minimum atomic E-state index is 0.0628. The van der Waals surface area contributed by atoms with Crippen LogP contribution in [0.3, 0.4) is 0 Å². The third-order valence-electron chi connectivity index (χ3n) is 3.47. The minimum absolute atomic E-state index is 0.0628. The van der Waals surface area contributed by atoms with Gasteiger partial charge in [0.15, 0.2) is 0 Å². The highest BCUT2D eigenvalue weighted by molar-refractivity contribution is 7.99. The van der Waals surface area contributed by atoms with Gasteiger partial charge in [-0.3, -0.25) is 0 Å². The van der Waals surface area contributed by atoms with Crippen molar-refractivity contribution in [2.45, 2.75) is 58.4 Å². The van der Waals surface area contributed by atoms with Gasteiger partial charge in [-0.1, -0.05) is 27.7 Å². The molecule has 0 saturated carbocycles. The van der Waals surface area contributed by atoms with Gasteiger partial charge in [-0.05, 0) is 18.6 Å². The molecule has 1 saturated heterocycles. The van der Waals surface area contributed by atoms with Crippen LogP contribution in [0.5, 0.6) is 0 Å². The van der Waals surface area contributed by atoms with Crippen molar-refractivity contribution >= 4 is 17.6 Å². The molecule has 1 fully saturated rings. The maximum Gasteiger partial charge on any atom is 0.127 e. The molecule has 1 aromatic heterocycles. The van der Waals surface area contributed by atoms with Crippen LogP contribution in [0.4, 0.5) is 5.82 Å². The largest absolute Gasteiger partial charge is 0.384 e. The number of hydrogen-bond acceptors (Lipinski definition) is 3. The minimum Gasteiger partial charge on any atom is -0.384 e. The second-order valence-corrected chi connectivity index (χ2v) is 7.32. The molecule has 0 radical (unpaired) electrons. The highest BCUT2D eigenvalue weighted by Crippen LogP contribution is 2.37. The summed E-state index contributed by atoms with van der Waals surface area (Å²) in [5.41, 5.74) is 7.57. The standard InChI is InChI=1S/C14H25N3S/c1-5-7-17-12(15)11(10-6-8-18-9-10)16-13(17)14(2,3)4/h10H,5-9,15H2,1-4H3. The summed E-state index contributed by atoms with van der Waals surface area (Å²) in [5.74, 6) is 5.05. The first kappa shape index (κ1) is 13.8. The molecular formula is C14H25N3S. The average molecular weight is 267 g/mol. The highest BCUT2D eigenvalue weighted by atomic mass is 32.2. The summed E-state index contributed by atoms with van der Waals surface area (Å²) in [4.78, 5) is 4.91. The van der Waals surface area contributed by atoms with Gasteiger partial charge in [-0.15, -0.1) is 0 Å². The van der Waals surface area contributed by atoms with E-state index in [0.717, 1.165) is 30.3 Å². The molecule has 1 atom stereocenters. The predicted molar refractivity (Wildman–Crippen MR) is 80.3 cm³/mol. The number of aromatic nitrogens is 2. The molecule has 2 rings (SSSR count). The monoisotopic (exact) mass is 267 g/mol. The first-order chi connectivity index (χ1) is 8.45. The lowest BCUT2D eigenvalue weighted by atomic mass is 9.95. The van der Waals surface area contributed by atoms with E-state index in [1.54, 1.807) is 0 Å². The number of thioether (sulfide) groups is 1. The van der Waals surface area contributed by atoms with Crippen molar-refractivity contribution in [3.63, 3.8) is 0 Å². The van der Waals surface area contributed by atoms with Gasteiger partial charge in [-0.25, -0.2) is 4.98 Å². The lowest BCUT2D eigenvalue weighted by Gasteiger charge is -2.19. The Morgan fingerprint density at radius 3 is 2.67 bits per heavy atom. The fourth-order valence-electron chi connectivity index (χ4n) is 2.56. The summed E-state index contributed by atoms with van der Waals surface area (Å²) >= 11 is 2.02. The zero-order chi connectivity index (χ0) is 13.3. The van der Waals surface area contributed by atoms with E-state index in [-0.39, 0.29) is 5.41 Å². The molecule has 0 amide bonds. The Morgan fingerprint density at radius 2 is 2.17 bits per heavy atom. The number of nitrogens with two attached hydrogens (primary N) is 1. The SMILES string of the molecule is CCCn1c(C(C)(C)C)nc(C2CCSC2)c1N. The van der Waals surface area contributed by atoms with Gasteiger partial charge in [-0.2, -0.15) is 11.8 Å². The maximum absolute atomic E-state index is 6.36. The Kier molecular flexibility index (Phi) is 3.95. The van der Waals surface area contributed by atoms with Crippen molar-refractivity contribution < 1.29 is 0 Å². The number of hydrogen-bond donors (Lipinski definition) is 1. The summed E-state index contributed by atoms with van der Waals surface area (Å²) in [5, 5.41) is 0. The van der Waals surface area contributed by atoms with Gasteiger partial charge in [0.25, 0.3) is 0 Å². The molecule has 2 heterocycles. The molecule has 2 N–H and O–H groups in total. The average Bonchev–Trinajstić information content (AvgIpc) is 2.87. The third-order valence-corrected chi connectivity index (χ3v) is 4.63. The Hall–Kier alpha value is -0.640. The Bertz CT molecular complexity index is 411. The first-order valence-corrected chi connectivity index (χ1v) is 8.04. The Labute approximate surface area is 115 Å². The molecule has 18 heavy (non-hydrogen) atoms. The van der Waals surface area contributed by atoms with Gasteiger partial charge >= 0.3 is 0 Å². The van der Waals surface area contributed by atoms with Crippen LogP contribution in [0, 0.1) is 0 Å². The summed E-state index contributed by atoms with van der Waals surface area (Å²) in [6.45, 7) is 9.82. The summed E-state index contributed by atoms with van der Waals surface area (Å²) in [7, 11) is 0. The van der Waals surface area contributed by atoms with E-state index in [9.17, 15) is 0 Å². The van der Waals surface area contributed by atoms with Crippen LogP contribution < -0.4 is 5.73 Å². The smallest absolute Gasteiger partial charge is 0.127 e. The van der Waals surface area contributed by atoms with Crippen molar-refractivity contribution in [2.24, 2.45) is 0 Å². The van der Waals surface area contributed by atoms with Crippen LogP contribution in [0.15, 0.2) is 0 Å². The quantitative estimate of drug-likeness (QED) is 0.913. The fraction of sp³-hybridized carbons (Fsp3) is 0.786. The van der Waals surface area contributed by atoms with Crippen molar-refractivity contribution in [2.75, 3.05) is 17.2 Å². The van der Waals surface area contributed by atoms with Crippen LogP contribution >= 0.6 is 11.8 Å². The lowest BCUT2D eigenvalue weighted by Crippen LogP contribution is -2.19. The van der Waals surface area contributed by atoms with E-state index >= 15 is 0 Å². The molecular weight excluding hydrogens is 242 g/mol. The van der Waals surface area contributed by atoms with Crippen molar-refractivity contribution in [1.29, 1.82) is 0 Å². The molecule has 3 nitrogen and oxygen atoms in total. The van der Waals surface area contributed by atoms with Gasteiger partial charge in [0.2, 0.25) is 0 Å². The first-order valence-electron chi connectivity index (χ1n) is 6.89. The number of anilines is 1. The van der Waals surface area contributed by atoms with Crippen LogP contribution in [-0.2, 0) is 12.0 Å². The van der Waals surface area contributed by atoms with E-state index in [1.807, 2.05) is 11.8 Å². The molecule has 0 spiro atoms. The van der Waals surface area contributed by atoms with Gasteiger partial charge in [0.05, 0.1) is 5.69 Å². The van der Waals surface area contributed by atoms with Gasteiger partial charge in [0, 0.05) is 23.6 Å². The third kappa shape index (κ3) is 2.53. The lowest BCUT2D eigenvalue weighted by molar-refractivity contribution is 0.497. The number of nitrogen functional groups attached to an aromatic ring is 1. The van der Waals surface area contributed by atoms with E-state index in [2.05, 4.69) is 32.3 Å². The number of imidazole rings is 1. The van der Waals surface area contributed by atoms with E-state index in [0.29, 0.717) is 5.92 Å². The molecule has 1 aromatic rings. The topological polar surface area (TPSA) is 43.8 Å². The van der Waals surface area contributed by atoms with Crippen LogP contribution in [0.25, 0.3) is 0 Å². The maximum atomic E-state index is 6.36. The fourth-order valence-corrected chi connectivity index (χ4v) is 3.78. The van der Waals surface area contributed by atoms with E-state index in [4.69, 9.17) is 10.7 Å². The zero-order valence-corrected chi connectivity index (χ0v) is 12.8.